The van der Waals surface area contributed by atoms with Gasteiger partial charge in [0, 0.05) is 6.42 Å². The summed E-state index contributed by atoms with van der Waals surface area (Å²) >= 11 is 1.51. The Hall–Kier alpha value is -2.42. The normalized spacial score (nSPS) is 12.0. The van der Waals surface area contributed by atoms with Crippen LogP contribution in [0.25, 0.3) is 10.9 Å². The second kappa shape index (κ2) is 8.44. The summed E-state index contributed by atoms with van der Waals surface area (Å²) < 4.78 is 1.11. The second-order valence-corrected chi connectivity index (χ2v) is 6.11. The first-order valence-corrected chi connectivity index (χ1v) is 8.76. The smallest absolute Gasteiger partial charge is 0.326 e. The molecule has 1 aromatic heterocycles. The standard InChI is InChI=1S/C15H18N4O4S/c1-24-9-7-12(15(22)23)16-13(20)6-8-19-14(21)10-4-2-3-5-11(10)17-18-19/h2-5,12H,6-9H2,1H3,(H,16,20)(H,22,23)/t12-/m0/s1. The Labute approximate surface area is 142 Å². The predicted octanol–water partition coefficient (Wildman–Crippen LogP) is 0.504. The highest BCUT2D eigenvalue weighted by Gasteiger charge is 2.19. The summed E-state index contributed by atoms with van der Waals surface area (Å²) in [6.45, 7) is 0.0391. The van der Waals surface area contributed by atoms with Crippen LogP contribution in [0.15, 0.2) is 29.1 Å². The monoisotopic (exact) mass is 350 g/mol. The van der Waals surface area contributed by atoms with Crippen molar-refractivity contribution in [1.82, 2.24) is 20.3 Å². The topological polar surface area (TPSA) is 114 Å². The van der Waals surface area contributed by atoms with E-state index >= 15 is 0 Å². The number of aliphatic carboxylic acids is 1. The molecule has 24 heavy (non-hydrogen) atoms. The molecule has 1 heterocycles. The largest absolute Gasteiger partial charge is 0.480 e. The lowest BCUT2D eigenvalue weighted by Gasteiger charge is -2.14. The maximum absolute atomic E-state index is 12.2. The van der Waals surface area contributed by atoms with Crippen LogP contribution in [0.1, 0.15) is 12.8 Å². The van der Waals surface area contributed by atoms with E-state index in [1.165, 1.54) is 11.8 Å². The molecule has 128 valence electrons. The van der Waals surface area contributed by atoms with E-state index in [0.717, 1.165) is 4.68 Å². The lowest BCUT2D eigenvalue weighted by atomic mass is 10.2. The van der Waals surface area contributed by atoms with Crippen molar-refractivity contribution in [3.05, 3.63) is 34.6 Å². The Morgan fingerprint density at radius 3 is 2.83 bits per heavy atom. The molecule has 0 spiro atoms. The average Bonchev–Trinajstić information content (AvgIpc) is 2.58. The molecule has 1 atom stereocenters. The van der Waals surface area contributed by atoms with Crippen molar-refractivity contribution in [1.29, 1.82) is 0 Å². The van der Waals surface area contributed by atoms with E-state index in [1.54, 1.807) is 24.3 Å². The van der Waals surface area contributed by atoms with Gasteiger partial charge in [-0.05, 0) is 30.6 Å². The van der Waals surface area contributed by atoms with Crippen molar-refractivity contribution in [2.24, 2.45) is 0 Å². The van der Waals surface area contributed by atoms with Crippen LogP contribution in [-0.4, -0.2) is 50.0 Å². The minimum Gasteiger partial charge on any atom is -0.480 e. The number of nitrogens with zero attached hydrogens (tertiary/aromatic N) is 3. The van der Waals surface area contributed by atoms with Crippen molar-refractivity contribution in [2.75, 3.05) is 12.0 Å². The number of benzene rings is 1. The van der Waals surface area contributed by atoms with Crippen LogP contribution in [0.3, 0.4) is 0 Å². The molecule has 0 radical (unpaired) electrons. The highest BCUT2D eigenvalue weighted by molar-refractivity contribution is 7.98. The van der Waals surface area contributed by atoms with Crippen LogP contribution >= 0.6 is 11.8 Å². The quantitative estimate of drug-likeness (QED) is 0.712. The maximum atomic E-state index is 12.2. The van der Waals surface area contributed by atoms with Gasteiger partial charge >= 0.3 is 5.97 Å². The van der Waals surface area contributed by atoms with Gasteiger partial charge < -0.3 is 10.4 Å². The molecule has 0 unspecified atom stereocenters. The second-order valence-electron chi connectivity index (χ2n) is 5.12. The molecule has 0 saturated heterocycles. The number of amides is 1. The van der Waals surface area contributed by atoms with Crippen molar-refractivity contribution < 1.29 is 14.7 Å². The molecule has 0 saturated carbocycles. The Morgan fingerprint density at radius 1 is 1.38 bits per heavy atom. The molecule has 2 rings (SSSR count). The van der Waals surface area contributed by atoms with Crippen LogP contribution in [0.5, 0.6) is 0 Å². The molecule has 2 N–H and O–H groups in total. The number of fused-ring (bicyclic) bond motifs is 1. The van der Waals surface area contributed by atoms with E-state index in [-0.39, 0.29) is 18.5 Å². The first-order valence-electron chi connectivity index (χ1n) is 7.36. The van der Waals surface area contributed by atoms with E-state index in [0.29, 0.717) is 23.1 Å². The number of carboxylic acids is 1. The van der Waals surface area contributed by atoms with Crippen molar-refractivity contribution >= 4 is 34.5 Å². The summed E-state index contributed by atoms with van der Waals surface area (Å²) in [6.07, 6.45) is 2.17. The van der Waals surface area contributed by atoms with Crippen molar-refractivity contribution in [3.8, 4) is 0 Å². The zero-order valence-corrected chi connectivity index (χ0v) is 14.0. The molecule has 0 aliphatic heterocycles. The van der Waals surface area contributed by atoms with Gasteiger partial charge in [0.25, 0.3) is 5.56 Å². The summed E-state index contributed by atoms with van der Waals surface area (Å²) in [5.74, 6) is -0.877. The Kier molecular flexibility index (Phi) is 6.30. The van der Waals surface area contributed by atoms with Crippen LogP contribution in [-0.2, 0) is 16.1 Å². The SMILES string of the molecule is CSCC[C@H](NC(=O)CCn1nnc2ccccc2c1=O)C(=O)O. The summed E-state index contributed by atoms with van der Waals surface area (Å²) in [5, 5.41) is 19.7. The summed E-state index contributed by atoms with van der Waals surface area (Å²) in [4.78, 5) is 35.3. The highest BCUT2D eigenvalue weighted by Crippen LogP contribution is 2.04. The summed E-state index contributed by atoms with van der Waals surface area (Å²) in [6, 6.07) is 5.89. The predicted molar refractivity (Wildman–Crippen MR) is 91.0 cm³/mol. The molecule has 1 aromatic carbocycles. The fraction of sp³-hybridized carbons (Fsp3) is 0.400. The van der Waals surface area contributed by atoms with Gasteiger partial charge in [-0.2, -0.15) is 11.8 Å². The van der Waals surface area contributed by atoms with E-state index in [9.17, 15) is 14.4 Å². The molecular weight excluding hydrogens is 332 g/mol. The van der Waals surface area contributed by atoms with Gasteiger partial charge in [0.15, 0.2) is 0 Å². The number of thioether (sulfide) groups is 1. The van der Waals surface area contributed by atoms with E-state index in [1.807, 2.05) is 6.26 Å². The van der Waals surface area contributed by atoms with Crippen LogP contribution in [0, 0.1) is 0 Å². The molecule has 2 aromatic rings. The van der Waals surface area contributed by atoms with Gasteiger partial charge in [0.1, 0.15) is 11.6 Å². The molecular formula is C15H18N4O4S. The molecule has 8 nitrogen and oxygen atoms in total. The van der Waals surface area contributed by atoms with E-state index < -0.39 is 17.9 Å². The first-order chi connectivity index (χ1) is 11.5. The number of nitrogens with one attached hydrogen (secondary N) is 1. The van der Waals surface area contributed by atoms with Gasteiger partial charge in [-0.3, -0.25) is 9.59 Å². The van der Waals surface area contributed by atoms with Crippen LogP contribution < -0.4 is 10.9 Å². The number of rotatable bonds is 8. The molecule has 0 aliphatic carbocycles. The van der Waals surface area contributed by atoms with Gasteiger partial charge in [-0.15, -0.1) is 5.10 Å². The first kappa shape index (κ1) is 17.9. The van der Waals surface area contributed by atoms with Crippen LogP contribution in [0.4, 0.5) is 0 Å². The van der Waals surface area contributed by atoms with Gasteiger partial charge in [0.05, 0.1) is 11.9 Å². The van der Waals surface area contributed by atoms with Gasteiger partial charge in [-0.25, -0.2) is 9.48 Å². The lowest BCUT2D eigenvalue weighted by molar-refractivity contribution is -0.141. The number of aryl methyl sites for hydroxylation is 1. The van der Waals surface area contributed by atoms with Crippen LogP contribution in [0.2, 0.25) is 0 Å². The Bertz CT molecular complexity index is 792. The zero-order valence-electron chi connectivity index (χ0n) is 13.1. The third-order valence-corrected chi connectivity index (χ3v) is 4.07. The van der Waals surface area contributed by atoms with E-state index in [2.05, 4.69) is 15.6 Å². The van der Waals surface area contributed by atoms with Gasteiger partial charge in [-0.1, -0.05) is 17.3 Å². The van der Waals surface area contributed by atoms with Crippen molar-refractivity contribution in [2.45, 2.75) is 25.4 Å². The molecule has 9 heteroatoms. The number of hydrogen-bond donors (Lipinski definition) is 2. The summed E-state index contributed by atoms with van der Waals surface area (Å²) in [7, 11) is 0. The molecule has 0 bridgehead atoms. The van der Waals surface area contributed by atoms with E-state index in [4.69, 9.17) is 5.11 Å². The molecule has 1 amide bonds. The number of aromatic nitrogens is 3. The molecule has 0 fully saturated rings. The van der Waals surface area contributed by atoms with Crippen molar-refractivity contribution in [3.63, 3.8) is 0 Å². The average molecular weight is 350 g/mol. The van der Waals surface area contributed by atoms with Gasteiger partial charge in [0.2, 0.25) is 5.91 Å². The fourth-order valence-electron chi connectivity index (χ4n) is 2.14. The number of carbonyl (C=O) groups is 2. The number of hydrogen-bond acceptors (Lipinski definition) is 6. The molecule has 0 aliphatic rings. The number of carbonyl (C=O) groups excluding carboxylic acids is 1. The number of carboxylic acid groups (broad SMARTS) is 1. The highest BCUT2D eigenvalue weighted by atomic mass is 32.2. The zero-order chi connectivity index (χ0) is 17.5. The Morgan fingerprint density at radius 2 is 2.12 bits per heavy atom. The lowest BCUT2D eigenvalue weighted by Crippen LogP contribution is -2.41. The fourth-order valence-corrected chi connectivity index (χ4v) is 2.61. The Balaban J connectivity index is 2.00. The minimum atomic E-state index is -1.07. The third kappa shape index (κ3) is 4.54. The summed E-state index contributed by atoms with van der Waals surface area (Å²) in [5.41, 5.74) is 0.164. The minimum absolute atomic E-state index is 0.0391. The maximum Gasteiger partial charge on any atom is 0.326 e. The third-order valence-electron chi connectivity index (χ3n) is 3.42.